The average Bonchev–Trinajstić information content (AvgIpc) is 2.37. The highest BCUT2D eigenvalue weighted by molar-refractivity contribution is 9.10. The predicted octanol–water partition coefficient (Wildman–Crippen LogP) is 2.51. The molecule has 104 valence electrons. The van der Waals surface area contributed by atoms with Crippen LogP contribution >= 0.6 is 15.9 Å². The Hall–Kier alpha value is -1.47. The molecule has 0 aromatic heterocycles. The van der Waals surface area contributed by atoms with Gasteiger partial charge in [-0.2, -0.15) is 0 Å². The minimum atomic E-state index is -0.512. The van der Waals surface area contributed by atoms with Crippen molar-refractivity contribution in [3.05, 3.63) is 38.3 Å². The number of ether oxygens (including phenoxy) is 1. The second-order valence-corrected chi connectivity index (χ2v) is 4.98. The number of nitrogens with zero attached hydrogens (tertiary/aromatic N) is 1. The van der Waals surface area contributed by atoms with E-state index in [1.54, 1.807) is 7.11 Å². The smallest absolute Gasteiger partial charge is 0.270 e. The first kappa shape index (κ1) is 15.6. The fraction of sp³-hybridized carbons (Fsp3) is 0.417. The van der Waals surface area contributed by atoms with Gasteiger partial charge in [0.15, 0.2) is 0 Å². The second kappa shape index (κ2) is 6.63. The molecule has 0 heterocycles. The van der Waals surface area contributed by atoms with E-state index in [2.05, 4.69) is 21.2 Å². The molecule has 0 bridgehead atoms. The molecule has 1 rings (SSSR count). The molecule has 1 aromatic rings. The van der Waals surface area contributed by atoms with Gasteiger partial charge in [-0.05, 0) is 35.8 Å². The van der Waals surface area contributed by atoms with Gasteiger partial charge in [-0.25, -0.2) is 0 Å². The number of carbonyl (C=O) groups excluding carboxylic acids is 1. The first-order chi connectivity index (χ1) is 8.86. The van der Waals surface area contributed by atoms with Crippen molar-refractivity contribution in [2.24, 2.45) is 0 Å². The third-order valence-corrected chi connectivity index (χ3v) is 3.50. The zero-order valence-electron chi connectivity index (χ0n) is 10.8. The minimum Gasteiger partial charge on any atom is -0.380 e. The van der Waals surface area contributed by atoms with Crippen LogP contribution in [-0.4, -0.2) is 30.1 Å². The molecule has 0 spiro atoms. The van der Waals surface area contributed by atoms with Crippen LogP contribution in [0.15, 0.2) is 22.7 Å². The van der Waals surface area contributed by atoms with Crippen LogP contribution in [0.25, 0.3) is 0 Å². The van der Waals surface area contributed by atoms with Crippen LogP contribution < -0.4 is 5.32 Å². The van der Waals surface area contributed by atoms with E-state index in [4.69, 9.17) is 4.74 Å². The predicted molar refractivity (Wildman–Crippen MR) is 74.2 cm³/mol. The summed E-state index contributed by atoms with van der Waals surface area (Å²) < 4.78 is 5.50. The van der Waals surface area contributed by atoms with E-state index in [0.717, 1.165) is 0 Å². The first-order valence-electron chi connectivity index (χ1n) is 5.64. The molecule has 0 saturated carbocycles. The summed E-state index contributed by atoms with van der Waals surface area (Å²) in [7, 11) is 1.56. The van der Waals surface area contributed by atoms with E-state index in [1.165, 1.54) is 18.2 Å². The lowest BCUT2D eigenvalue weighted by molar-refractivity contribution is -0.384. The van der Waals surface area contributed by atoms with Crippen LogP contribution in [-0.2, 0) is 4.74 Å². The van der Waals surface area contributed by atoms with Gasteiger partial charge in [0.05, 0.1) is 22.6 Å². The van der Waals surface area contributed by atoms with Crippen LogP contribution in [0.1, 0.15) is 24.2 Å². The van der Waals surface area contributed by atoms with Crippen molar-refractivity contribution >= 4 is 27.5 Å². The van der Waals surface area contributed by atoms with E-state index in [9.17, 15) is 14.9 Å². The van der Waals surface area contributed by atoms with Crippen molar-refractivity contribution < 1.29 is 14.5 Å². The maximum absolute atomic E-state index is 12.0. The molecule has 0 radical (unpaired) electrons. The summed E-state index contributed by atoms with van der Waals surface area (Å²) in [5, 5.41) is 13.4. The molecule has 0 aliphatic rings. The van der Waals surface area contributed by atoms with Gasteiger partial charge in [-0.15, -0.1) is 0 Å². The van der Waals surface area contributed by atoms with Gasteiger partial charge in [0.25, 0.3) is 11.6 Å². The topological polar surface area (TPSA) is 81.5 Å². The van der Waals surface area contributed by atoms with E-state index in [-0.39, 0.29) is 23.7 Å². The number of carbonyl (C=O) groups is 1. The SMILES string of the molecule is CO[C@H](C)[C@H](C)NC(=O)c1ccc([N+](=O)[O-])cc1Br. The number of halogens is 1. The lowest BCUT2D eigenvalue weighted by atomic mass is 10.1. The molecule has 1 amide bonds. The van der Waals surface area contributed by atoms with Crippen molar-refractivity contribution in [2.75, 3.05) is 7.11 Å². The quantitative estimate of drug-likeness (QED) is 0.664. The number of nitro groups is 1. The average molecular weight is 331 g/mol. The second-order valence-electron chi connectivity index (χ2n) is 4.12. The Kier molecular flexibility index (Phi) is 5.44. The summed E-state index contributed by atoms with van der Waals surface area (Å²) in [6.07, 6.45) is -0.124. The van der Waals surface area contributed by atoms with E-state index >= 15 is 0 Å². The summed E-state index contributed by atoms with van der Waals surface area (Å²) in [5.74, 6) is -0.307. The summed E-state index contributed by atoms with van der Waals surface area (Å²) >= 11 is 3.16. The molecule has 1 N–H and O–H groups in total. The van der Waals surface area contributed by atoms with Crippen molar-refractivity contribution in [2.45, 2.75) is 26.0 Å². The molecule has 6 nitrogen and oxygen atoms in total. The van der Waals surface area contributed by atoms with Crippen LogP contribution in [0.3, 0.4) is 0 Å². The molecule has 19 heavy (non-hydrogen) atoms. The number of nitrogens with one attached hydrogen (secondary N) is 1. The normalized spacial score (nSPS) is 13.7. The van der Waals surface area contributed by atoms with Crippen molar-refractivity contribution in [3.63, 3.8) is 0 Å². The Morgan fingerprint density at radius 3 is 2.58 bits per heavy atom. The number of methoxy groups -OCH3 is 1. The summed E-state index contributed by atoms with van der Waals surface area (Å²) in [6.45, 7) is 3.67. The third-order valence-electron chi connectivity index (χ3n) is 2.84. The van der Waals surface area contributed by atoms with Gasteiger partial charge in [0, 0.05) is 23.7 Å². The lowest BCUT2D eigenvalue weighted by Gasteiger charge is -2.20. The van der Waals surface area contributed by atoms with Gasteiger partial charge in [0.2, 0.25) is 0 Å². The van der Waals surface area contributed by atoms with Crippen LogP contribution in [0, 0.1) is 10.1 Å². The van der Waals surface area contributed by atoms with Gasteiger partial charge >= 0.3 is 0 Å². The molecule has 0 unspecified atom stereocenters. The van der Waals surface area contributed by atoms with Crippen molar-refractivity contribution in [1.29, 1.82) is 0 Å². The number of rotatable bonds is 5. The Morgan fingerprint density at radius 1 is 1.47 bits per heavy atom. The molecule has 7 heteroatoms. The fourth-order valence-electron chi connectivity index (χ4n) is 1.41. The number of amides is 1. The molecule has 2 atom stereocenters. The molecule has 0 aliphatic heterocycles. The summed E-state index contributed by atoms with van der Waals surface area (Å²) in [6, 6.07) is 3.85. The first-order valence-corrected chi connectivity index (χ1v) is 6.43. The molecular weight excluding hydrogens is 316 g/mol. The fourth-order valence-corrected chi connectivity index (χ4v) is 1.95. The lowest BCUT2D eigenvalue weighted by Crippen LogP contribution is -2.40. The van der Waals surface area contributed by atoms with Crippen LogP contribution in [0.4, 0.5) is 5.69 Å². The zero-order valence-corrected chi connectivity index (χ0v) is 12.4. The Bertz CT molecular complexity index is 493. The van der Waals surface area contributed by atoms with Gasteiger partial charge < -0.3 is 10.1 Å². The largest absolute Gasteiger partial charge is 0.380 e. The number of hydrogen-bond acceptors (Lipinski definition) is 4. The summed E-state index contributed by atoms with van der Waals surface area (Å²) in [5.41, 5.74) is 0.280. The Balaban J connectivity index is 2.86. The number of hydrogen-bond donors (Lipinski definition) is 1. The highest BCUT2D eigenvalue weighted by Gasteiger charge is 2.18. The maximum atomic E-state index is 12.0. The van der Waals surface area contributed by atoms with Gasteiger partial charge in [-0.3, -0.25) is 14.9 Å². The highest BCUT2D eigenvalue weighted by Crippen LogP contribution is 2.23. The van der Waals surface area contributed by atoms with Crippen molar-refractivity contribution in [3.8, 4) is 0 Å². The van der Waals surface area contributed by atoms with E-state index in [1.807, 2.05) is 13.8 Å². The third kappa shape index (κ3) is 4.00. The number of non-ortho nitro benzene ring substituents is 1. The molecule has 0 saturated heterocycles. The monoisotopic (exact) mass is 330 g/mol. The van der Waals surface area contributed by atoms with Gasteiger partial charge in [0.1, 0.15) is 0 Å². The highest BCUT2D eigenvalue weighted by atomic mass is 79.9. The molecule has 0 fully saturated rings. The number of benzene rings is 1. The van der Waals surface area contributed by atoms with E-state index in [0.29, 0.717) is 10.0 Å². The molecular formula is C12H15BrN2O4. The van der Waals surface area contributed by atoms with Crippen molar-refractivity contribution in [1.82, 2.24) is 5.32 Å². The van der Waals surface area contributed by atoms with E-state index < -0.39 is 4.92 Å². The van der Waals surface area contributed by atoms with Crippen LogP contribution in [0.5, 0.6) is 0 Å². The zero-order chi connectivity index (χ0) is 14.6. The standard InChI is InChI=1S/C12H15BrN2O4/c1-7(8(2)19-3)14-12(16)10-5-4-9(15(17)18)6-11(10)13/h4-8H,1-3H3,(H,14,16)/t7-,8+/m0/s1. The Labute approximate surface area is 119 Å². The summed E-state index contributed by atoms with van der Waals surface area (Å²) in [4.78, 5) is 22.1. The number of nitro benzene ring substituents is 1. The van der Waals surface area contributed by atoms with Crippen LogP contribution in [0.2, 0.25) is 0 Å². The molecule has 0 aliphatic carbocycles. The molecule has 1 aromatic carbocycles. The van der Waals surface area contributed by atoms with Gasteiger partial charge in [-0.1, -0.05) is 0 Å². The Morgan fingerprint density at radius 2 is 2.11 bits per heavy atom. The maximum Gasteiger partial charge on any atom is 0.270 e. The minimum absolute atomic E-state index is 0.0678.